The first-order valence-corrected chi connectivity index (χ1v) is 6.53. The molecule has 2 rings (SSSR count). The Morgan fingerprint density at radius 1 is 1.37 bits per heavy atom. The Balaban J connectivity index is 2.31. The largest absolute Gasteiger partial charge is 0.443 e. The van der Waals surface area contributed by atoms with Crippen molar-refractivity contribution in [3.05, 3.63) is 50.4 Å². The van der Waals surface area contributed by atoms with Crippen LogP contribution in [0.1, 0.15) is 27.1 Å². The lowest BCUT2D eigenvalue weighted by Gasteiger charge is -2.11. The molecule has 1 aromatic heterocycles. The fourth-order valence-electron chi connectivity index (χ4n) is 1.59. The molecule has 0 aliphatic rings. The normalized spacial score (nSPS) is 13.6. The third-order valence-electron chi connectivity index (χ3n) is 2.61. The van der Waals surface area contributed by atoms with Gasteiger partial charge in [0.2, 0.25) is 0 Å². The second-order valence-corrected chi connectivity index (χ2v) is 5.52. The molecule has 1 unspecified atom stereocenters. The SMILES string of the molecule is Cc1cc(C(N)c2cnc(C(F)(F)F)s2)ccc1Cl. The molecule has 0 radical (unpaired) electrons. The highest BCUT2D eigenvalue weighted by molar-refractivity contribution is 7.11. The smallest absolute Gasteiger partial charge is 0.320 e. The number of aryl methyl sites for hydroxylation is 1. The van der Waals surface area contributed by atoms with Gasteiger partial charge in [0, 0.05) is 16.1 Å². The van der Waals surface area contributed by atoms with E-state index in [4.69, 9.17) is 17.3 Å². The van der Waals surface area contributed by atoms with Crippen molar-refractivity contribution < 1.29 is 13.2 Å². The van der Waals surface area contributed by atoms with E-state index in [-0.39, 0.29) is 0 Å². The maximum atomic E-state index is 12.5. The molecule has 0 amide bonds. The molecule has 0 aliphatic carbocycles. The third kappa shape index (κ3) is 3.08. The highest BCUT2D eigenvalue weighted by Gasteiger charge is 2.35. The highest BCUT2D eigenvalue weighted by atomic mass is 35.5. The second-order valence-electron chi connectivity index (χ2n) is 4.05. The van der Waals surface area contributed by atoms with E-state index in [0.29, 0.717) is 26.8 Å². The molecular formula is C12H10ClF3N2S. The van der Waals surface area contributed by atoms with Gasteiger partial charge in [-0.1, -0.05) is 23.7 Å². The molecule has 1 heterocycles. The van der Waals surface area contributed by atoms with E-state index in [9.17, 15) is 13.2 Å². The minimum Gasteiger partial charge on any atom is -0.320 e. The van der Waals surface area contributed by atoms with Crippen molar-refractivity contribution in [3.63, 3.8) is 0 Å². The number of nitrogens with zero attached hydrogens (tertiary/aromatic N) is 1. The Hall–Kier alpha value is -1.11. The first-order valence-electron chi connectivity index (χ1n) is 5.33. The van der Waals surface area contributed by atoms with Gasteiger partial charge in [-0.05, 0) is 24.1 Å². The Morgan fingerprint density at radius 2 is 2.05 bits per heavy atom. The molecule has 0 aliphatic heterocycles. The van der Waals surface area contributed by atoms with E-state index in [1.54, 1.807) is 18.2 Å². The fourth-order valence-corrected chi connectivity index (χ4v) is 2.52. The topological polar surface area (TPSA) is 38.9 Å². The molecule has 0 saturated carbocycles. The Morgan fingerprint density at radius 3 is 2.58 bits per heavy atom. The zero-order valence-electron chi connectivity index (χ0n) is 9.83. The molecule has 0 spiro atoms. The van der Waals surface area contributed by atoms with Crippen LogP contribution in [0, 0.1) is 6.92 Å². The molecule has 7 heteroatoms. The van der Waals surface area contributed by atoms with Crippen molar-refractivity contribution in [3.8, 4) is 0 Å². The highest BCUT2D eigenvalue weighted by Crippen LogP contribution is 2.35. The van der Waals surface area contributed by atoms with Crippen molar-refractivity contribution in [2.45, 2.75) is 19.1 Å². The molecule has 2 nitrogen and oxygen atoms in total. The summed E-state index contributed by atoms with van der Waals surface area (Å²) in [4.78, 5) is 3.73. The number of alkyl halides is 3. The first-order chi connectivity index (χ1) is 8.79. The van der Waals surface area contributed by atoms with Crippen LogP contribution in [-0.4, -0.2) is 4.98 Å². The summed E-state index contributed by atoms with van der Waals surface area (Å²) >= 11 is 6.45. The summed E-state index contributed by atoms with van der Waals surface area (Å²) in [7, 11) is 0. The molecule has 0 fully saturated rings. The predicted molar refractivity (Wildman–Crippen MR) is 69.3 cm³/mol. The van der Waals surface area contributed by atoms with Gasteiger partial charge in [-0.25, -0.2) is 4.98 Å². The monoisotopic (exact) mass is 306 g/mol. The summed E-state index contributed by atoms with van der Waals surface area (Å²) in [5.74, 6) is 0. The van der Waals surface area contributed by atoms with Crippen LogP contribution in [0.2, 0.25) is 5.02 Å². The van der Waals surface area contributed by atoms with Crippen LogP contribution in [0.25, 0.3) is 0 Å². The van der Waals surface area contributed by atoms with Gasteiger partial charge in [0.15, 0.2) is 5.01 Å². The van der Waals surface area contributed by atoms with Crippen LogP contribution in [0.3, 0.4) is 0 Å². The van der Waals surface area contributed by atoms with E-state index in [2.05, 4.69) is 4.98 Å². The summed E-state index contributed by atoms with van der Waals surface area (Å²) in [6, 6.07) is 4.51. The van der Waals surface area contributed by atoms with E-state index in [1.165, 1.54) is 6.20 Å². The number of benzene rings is 1. The molecule has 1 atom stereocenters. The number of aromatic nitrogens is 1. The van der Waals surface area contributed by atoms with Crippen molar-refractivity contribution in [1.82, 2.24) is 4.98 Å². The van der Waals surface area contributed by atoms with Crippen LogP contribution in [-0.2, 0) is 6.18 Å². The average Bonchev–Trinajstić information content (AvgIpc) is 2.81. The van der Waals surface area contributed by atoms with E-state index >= 15 is 0 Å². The van der Waals surface area contributed by atoms with Crippen molar-refractivity contribution in [2.24, 2.45) is 5.73 Å². The van der Waals surface area contributed by atoms with Gasteiger partial charge in [-0.2, -0.15) is 13.2 Å². The number of halogens is 4. The number of rotatable bonds is 2. The van der Waals surface area contributed by atoms with Gasteiger partial charge in [0.25, 0.3) is 0 Å². The van der Waals surface area contributed by atoms with Gasteiger partial charge in [-0.3, -0.25) is 0 Å². The lowest BCUT2D eigenvalue weighted by Crippen LogP contribution is -2.10. The third-order valence-corrected chi connectivity index (χ3v) is 4.16. The van der Waals surface area contributed by atoms with Crippen molar-refractivity contribution >= 4 is 22.9 Å². The maximum Gasteiger partial charge on any atom is 0.443 e. The maximum absolute atomic E-state index is 12.5. The minimum absolute atomic E-state index is 0.369. The molecule has 2 aromatic rings. The molecular weight excluding hydrogens is 297 g/mol. The number of hydrogen-bond acceptors (Lipinski definition) is 3. The summed E-state index contributed by atoms with van der Waals surface area (Å²) < 4.78 is 37.4. The standard InChI is InChI=1S/C12H10ClF3N2S/c1-6-4-7(2-3-8(6)13)10(17)9-5-18-11(19-9)12(14,15)16/h2-5,10H,17H2,1H3. The average molecular weight is 307 g/mol. The Labute approximate surface area is 117 Å². The lowest BCUT2D eigenvalue weighted by molar-refractivity contribution is -0.137. The van der Waals surface area contributed by atoms with Crippen molar-refractivity contribution in [2.75, 3.05) is 0 Å². The quantitative estimate of drug-likeness (QED) is 0.904. The number of hydrogen-bond donors (Lipinski definition) is 1. The van der Waals surface area contributed by atoms with Crippen LogP contribution in [0.15, 0.2) is 24.4 Å². The zero-order valence-corrected chi connectivity index (χ0v) is 11.4. The first kappa shape index (κ1) is 14.3. The van der Waals surface area contributed by atoms with Gasteiger partial charge in [0.1, 0.15) is 0 Å². The van der Waals surface area contributed by atoms with Crippen LogP contribution >= 0.6 is 22.9 Å². The lowest BCUT2D eigenvalue weighted by atomic mass is 10.0. The Bertz CT molecular complexity index is 595. The summed E-state index contributed by atoms with van der Waals surface area (Å²) in [5.41, 5.74) is 7.49. The molecule has 0 bridgehead atoms. The fraction of sp³-hybridized carbons (Fsp3) is 0.250. The predicted octanol–water partition coefficient (Wildman–Crippen LogP) is 4.17. The second kappa shape index (κ2) is 5.11. The molecule has 2 N–H and O–H groups in total. The summed E-state index contributed by atoms with van der Waals surface area (Å²) in [6.45, 7) is 1.81. The van der Waals surface area contributed by atoms with E-state index in [1.807, 2.05) is 6.92 Å². The van der Waals surface area contributed by atoms with Crippen LogP contribution in [0.5, 0.6) is 0 Å². The number of nitrogens with two attached hydrogens (primary N) is 1. The van der Waals surface area contributed by atoms with Crippen LogP contribution < -0.4 is 5.73 Å². The van der Waals surface area contributed by atoms with Gasteiger partial charge >= 0.3 is 6.18 Å². The minimum atomic E-state index is -4.43. The van der Waals surface area contributed by atoms with Gasteiger partial charge in [-0.15, -0.1) is 11.3 Å². The van der Waals surface area contributed by atoms with Gasteiger partial charge in [0.05, 0.1) is 6.04 Å². The Kier molecular flexibility index (Phi) is 3.85. The van der Waals surface area contributed by atoms with E-state index in [0.717, 1.165) is 5.56 Å². The number of thiazole rings is 1. The zero-order chi connectivity index (χ0) is 14.2. The van der Waals surface area contributed by atoms with E-state index < -0.39 is 17.2 Å². The van der Waals surface area contributed by atoms with Crippen molar-refractivity contribution in [1.29, 1.82) is 0 Å². The van der Waals surface area contributed by atoms with Crippen LogP contribution in [0.4, 0.5) is 13.2 Å². The molecule has 102 valence electrons. The molecule has 0 saturated heterocycles. The summed E-state index contributed by atoms with van der Waals surface area (Å²) in [6.07, 6.45) is -3.26. The molecule has 1 aromatic carbocycles. The molecule has 19 heavy (non-hydrogen) atoms. The summed E-state index contributed by atoms with van der Waals surface area (Å²) in [5, 5.41) is -0.292. The van der Waals surface area contributed by atoms with Gasteiger partial charge < -0.3 is 5.73 Å².